The maximum atomic E-state index is 11.8. The van der Waals surface area contributed by atoms with E-state index in [9.17, 15) is 4.57 Å². The van der Waals surface area contributed by atoms with Crippen LogP contribution in [0.2, 0.25) is 0 Å². The summed E-state index contributed by atoms with van der Waals surface area (Å²) in [6, 6.07) is 0.680. The zero-order valence-electron chi connectivity index (χ0n) is 7.42. The lowest BCUT2D eigenvalue weighted by atomic mass is 10.2. The van der Waals surface area contributed by atoms with E-state index in [-0.39, 0.29) is 0 Å². The number of hydrogen-bond acceptors (Lipinski definition) is 1. The van der Waals surface area contributed by atoms with Gasteiger partial charge in [-0.3, -0.25) is 14.7 Å². The standard InChI is InChI=1S/C7H17N2OP/c1-4-5-11(10)8-6(2)7(3)9-11/h6-7H,4-5H2,1-3H3,(H2,8,9,10). The van der Waals surface area contributed by atoms with Gasteiger partial charge in [0.05, 0.1) is 0 Å². The average Bonchev–Trinajstić information content (AvgIpc) is 2.08. The van der Waals surface area contributed by atoms with Crippen LogP contribution >= 0.6 is 7.44 Å². The lowest BCUT2D eigenvalue weighted by molar-refractivity contribution is 0.564. The van der Waals surface area contributed by atoms with Crippen LogP contribution in [0.25, 0.3) is 0 Å². The van der Waals surface area contributed by atoms with Crippen LogP contribution in [-0.4, -0.2) is 18.2 Å². The van der Waals surface area contributed by atoms with Crippen LogP contribution in [0.3, 0.4) is 0 Å². The van der Waals surface area contributed by atoms with Crippen LogP contribution in [0.5, 0.6) is 0 Å². The van der Waals surface area contributed by atoms with Gasteiger partial charge in [0.2, 0.25) is 7.44 Å². The fourth-order valence-corrected chi connectivity index (χ4v) is 4.09. The summed E-state index contributed by atoms with van der Waals surface area (Å²) < 4.78 is 11.8. The largest absolute Gasteiger partial charge is 0.289 e. The molecule has 0 aromatic carbocycles. The molecule has 1 aliphatic rings. The highest BCUT2D eigenvalue weighted by Crippen LogP contribution is 2.42. The van der Waals surface area contributed by atoms with Gasteiger partial charge in [0, 0.05) is 18.2 Å². The Morgan fingerprint density at radius 1 is 1.27 bits per heavy atom. The molecule has 0 spiro atoms. The summed E-state index contributed by atoms with van der Waals surface area (Å²) in [5.74, 6) is 0. The predicted molar refractivity (Wildman–Crippen MR) is 48.0 cm³/mol. The summed E-state index contributed by atoms with van der Waals surface area (Å²) >= 11 is 0. The van der Waals surface area contributed by atoms with E-state index in [4.69, 9.17) is 0 Å². The molecule has 2 N–H and O–H groups in total. The molecule has 2 unspecified atom stereocenters. The minimum Gasteiger partial charge on any atom is -0.289 e. The molecule has 3 nitrogen and oxygen atoms in total. The molecule has 0 bridgehead atoms. The molecule has 11 heavy (non-hydrogen) atoms. The van der Waals surface area contributed by atoms with Crippen molar-refractivity contribution in [1.29, 1.82) is 0 Å². The molecule has 1 rings (SSSR count). The predicted octanol–water partition coefficient (Wildman–Crippen LogP) is 1.56. The van der Waals surface area contributed by atoms with Gasteiger partial charge in [0.15, 0.2) is 0 Å². The van der Waals surface area contributed by atoms with Crippen molar-refractivity contribution in [3.8, 4) is 0 Å². The molecule has 2 atom stereocenters. The van der Waals surface area contributed by atoms with Gasteiger partial charge in [0.1, 0.15) is 0 Å². The molecular weight excluding hydrogens is 159 g/mol. The van der Waals surface area contributed by atoms with E-state index in [0.717, 1.165) is 12.6 Å². The zero-order chi connectivity index (χ0) is 8.48. The third-order valence-electron chi connectivity index (χ3n) is 2.11. The Morgan fingerprint density at radius 3 is 2.09 bits per heavy atom. The molecule has 1 aliphatic heterocycles. The van der Waals surface area contributed by atoms with E-state index >= 15 is 0 Å². The summed E-state index contributed by atoms with van der Waals surface area (Å²) in [4.78, 5) is 0. The smallest absolute Gasteiger partial charge is 0.211 e. The first-order valence-electron chi connectivity index (χ1n) is 4.22. The maximum absolute atomic E-state index is 11.8. The monoisotopic (exact) mass is 176 g/mol. The van der Waals surface area contributed by atoms with Gasteiger partial charge in [-0.1, -0.05) is 6.92 Å². The maximum Gasteiger partial charge on any atom is 0.211 e. The first-order valence-corrected chi connectivity index (χ1v) is 6.11. The molecule has 1 heterocycles. The Kier molecular flexibility index (Phi) is 2.74. The molecular formula is C7H17N2OP. The van der Waals surface area contributed by atoms with Crippen LogP contribution in [-0.2, 0) is 4.57 Å². The Bertz CT molecular complexity index is 169. The highest BCUT2D eigenvalue weighted by molar-refractivity contribution is 7.60. The van der Waals surface area contributed by atoms with Crippen LogP contribution in [0.15, 0.2) is 0 Å². The molecule has 0 amide bonds. The molecule has 1 fully saturated rings. The van der Waals surface area contributed by atoms with E-state index in [1.165, 1.54) is 0 Å². The van der Waals surface area contributed by atoms with Crippen molar-refractivity contribution in [3.05, 3.63) is 0 Å². The van der Waals surface area contributed by atoms with E-state index in [0.29, 0.717) is 12.1 Å². The molecule has 1 saturated heterocycles. The zero-order valence-corrected chi connectivity index (χ0v) is 8.32. The summed E-state index contributed by atoms with van der Waals surface area (Å²) in [6.07, 6.45) is 1.73. The number of nitrogens with one attached hydrogen (secondary N) is 2. The highest BCUT2D eigenvalue weighted by Gasteiger charge is 2.34. The van der Waals surface area contributed by atoms with E-state index in [1.54, 1.807) is 0 Å². The Morgan fingerprint density at radius 2 is 1.73 bits per heavy atom. The van der Waals surface area contributed by atoms with Crippen molar-refractivity contribution in [2.75, 3.05) is 6.16 Å². The fourth-order valence-electron chi connectivity index (χ4n) is 1.36. The highest BCUT2D eigenvalue weighted by atomic mass is 31.2. The lowest BCUT2D eigenvalue weighted by Crippen LogP contribution is -2.26. The Hall–Kier alpha value is 0.150. The Labute approximate surface area is 68.4 Å². The molecule has 0 radical (unpaired) electrons. The lowest BCUT2D eigenvalue weighted by Gasteiger charge is -2.10. The van der Waals surface area contributed by atoms with Crippen molar-refractivity contribution >= 4 is 7.44 Å². The van der Waals surface area contributed by atoms with Crippen LogP contribution in [0.1, 0.15) is 27.2 Å². The first-order chi connectivity index (χ1) is 5.07. The first kappa shape index (κ1) is 9.24. The molecule has 0 aromatic heterocycles. The van der Waals surface area contributed by atoms with Gasteiger partial charge in [-0.25, -0.2) is 0 Å². The van der Waals surface area contributed by atoms with Crippen LogP contribution < -0.4 is 10.2 Å². The molecule has 0 saturated carbocycles. The SMILES string of the molecule is CCCP1(=O)NC(C)C(C)N1. The normalized spacial score (nSPS) is 44.6. The van der Waals surface area contributed by atoms with Crippen molar-refractivity contribution in [3.63, 3.8) is 0 Å². The fraction of sp³-hybridized carbons (Fsp3) is 1.00. The minimum absolute atomic E-state index is 0.340. The van der Waals surface area contributed by atoms with Crippen molar-refractivity contribution in [1.82, 2.24) is 10.2 Å². The number of hydrogen-bond donors (Lipinski definition) is 2. The quantitative estimate of drug-likeness (QED) is 0.627. The number of rotatable bonds is 2. The van der Waals surface area contributed by atoms with E-state index in [2.05, 4.69) is 30.9 Å². The van der Waals surface area contributed by atoms with Gasteiger partial charge in [0.25, 0.3) is 0 Å². The third-order valence-corrected chi connectivity index (χ3v) is 4.84. The second-order valence-corrected chi connectivity index (χ2v) is 5.74. The van der Waals surface area contributed by atoms with E-state index < -0.39 is 7.44 Å². The average molecular weight is 176 g/mol. The summed E-state index contributed by atoms with van der Waals surface area (Å²) in [7, 11) is -2.18. The van der Waals surface area contributed by atoms with Gasteiger partial charge in [-0.05, 0) is 20.3 Å². The van der Waals surface area contributed by atoms with E-state index in [1.807, 2.05) is 0 Å². The summed E-state index contributed by atoms with van der Waals surface area (Å²) in [5.41, 5.74) is 0. The van der Waals surface area contributed by atoms with Gasteiger partial charge >= 0.3 is 0 Å². The van der Waals surface area contributed by atoms with Gasteiger partial charge < -0.3 is 0 Å². The molecule has 0 aliphatic carbocycles. The van der Waals surface area contributed by atoms with Gasteiger partial charge in [-0.15, -0.1) is 0 Å². The minimum atomic E-state index is -2.18. The molecule has 0 aromatic rings. The van der Waals surface area contributed by atoms with Crippen LogP contribution in [0.4, 0.5) is 0 Å². The second kappa shape index (κ2) is 3.26. The summed E-state index contributed by atoms with van der Waals surface area (Å²) in [6.45, 7) is 6.18. The Balaban J connectivity index is 2.57. The second-order valence-electron chi connectivity index (χ2n) is 3.30. The van der Waals surface area contributed by atoms with Crippen molar-refractivity contribution in [2.24, 2.45) is 0 Å². The van der Waals surface area contributed by atoms with Crippen LogP contribution in [0, 0.1) is 0 Å². The topological polar surface area (TPSA) is 41.1 Å². The molecule has 4 heteroatoms. The third kappa shape index (κ3) is 2.05. The molecule has 66 valence electrons. The summed E-state index contributed by atoms with van der Waals surface area (Å²) in [5, 5.41) is 6.25. The van der Waals surface area contributed by atoms with Gasteiger partial charge in [-0.2, -0.15) is 0 Å². The van der Waals surface area contributed by atoms with Crippen molar-refractivity contribution in [2.45, 2.75) is 39.3 Å². The van der Waals surface area contributed by atoms with Crippen molar-refractivity contribution < 1.29 is 4.57 Å².